The molecule has 5 nitrogen and oxygen atoms in total. The number of anilines is 1. The zero-order valence-corrected chi connectivity index (χ0v) is 15.9. The SMILES string of the molecule is COc1ccc(CN2CCC(CNC(=O)Nc3ccc(F)cc3F)CC2)cc1. The monoisotopic (exact) mass is 389 g/mol. The Bertz CT molecular complexity index is 791. The van der Waals surface area contributed by atoms with Gasteiger partial charge in [0.25, 0.3) is 0 Å². The van der Waals surface area contributed by atoms with E-state index in [0.29, 0.717) is 12.5 Å². The summed E-state index contributed by atoms with van der Waals surface area (Å²) >= 11 is 0. The van der Waals surface area contributed by atoms with Crippen molar-refractivity contribution in [3.8, 4) is 5.75 Å². The van der Waals surface area contributed by atoms with E-state index in [1.807, 2.05) is 12.1 Å². The third kappa shape index (κ3) is 5.66. The van der Waals surface area contributed by atoms with Crippen molar-refractivity contribution in [1.29, 1.82) is 0 Å². The lowest BCUT2D eigenvalue weighted by atomic mass is 9.96. The van der Waals surface area contributed by atoms with E-state index in [1.165, 1.54) is 11.6 Å². The van der Waals surface area contributed by atoms with Gasteiger partial charge >= 0.3 is 6.03 Å². The van der Waals surface area contributed by atoms with Crippen molar-refractivity contribution in [3.63, 3.8) is 0 Å². The molecule has 0 saturated carbocycles. The Balaban J connectivity index is 1.38. The van der Waals surface area contributed by atoms with Gasteiger partial charge in [-0.3, -0.25) is 4.90 Å². The van der Waals surface area contributed by atoms with E-state index in [1.54, 1.807) is 7.11 Å². The van der Waals surface area contributed by atoms with E-state index in [9.17, 15) is 13.6 Å². The van der Waals surface area contributed by atoms with Crippen LogP contribution in [-0.4, -0.2) is 37.7 Å². The summed E-state index contributed by atoms with van der Waals surface area (Å²) in [7, 11) is 1.66. The predicted octanol–water partition coefficient (Wildman–Crippen LogP) is 4.01. The summed E-state index contributed by atoms with van der Waals surface area (Å²) in [6, 6.07) is 10.7. The van der Waals surface area contributed by atoms with Gasteiger partial charge in [-0.15, -0.1) is 0 Å². The van der Waals surface area contributed by atoms with Crippen LogP contribution in [0.1, 0.15) is 18.4 Å². The van der Waals surface area contributed by atoms with Crippen molar-refractivity contribution >= 4 is 11.7 Å². The molecule has 3 rings (SSSR count). The number of hydrogen-bond acceptors (Lipinski definition) is 3. The lowest BCUT2D eigenvalue weighted by molar-refractivity contribution is 0.175. The van der Waals surface area contributed by atoms with E-state index in [-0.39, 0.29) is 5.69 Å². The molecule has 2 amide bonds. The average Bonchev–Trinajstić information content (AvgIpc) is 2.70. The maximum atomic E-state index is 13.6. The van der Waals surface area contributed by atoms with Crippen LogP contribution in [-0.2, 0) is 6.54 Å². The number of ether oxygens (including phenoxy) is 1. The smallest absolute Gasteiger partial charge is 0.319 e. The maximum absolute atomic E-state index is 13.6. The first-order valence-corrected chi connectivity index (χ1v) is 9.38. The minimum Gasteiger partial charge on any atom is -0.497 e. The van der Waals surface area contributed by atoms with Gasteiger partial charge in [-0.1, -0.05) is 12.1 Å². The van der Waals surface area contributed by atoms with Crippen molar-refractivity contribution in [2.45, 2.75) is 19.4 Å². The molecule has 0 aliphatic carbocycles. The molecule has 28 heavy (non-hydrogen) atoms. The Morgan fingerprint density at radius 3 is 2.50 bits per heavy atom. The largest absolute Gasteiger partial charge is 0.497 e. The number of nitrogens with one attached hydrogen (secondary N) is 2. The zero-order chi connectivity index (χ0) is 19.9. The first-order valence-electron chi connectivity index (χ1n) is 9.38. The summed E-state index contributed by atoms with van der Waals surface area (Å²) in [4.78, 5) is 14.3. The zero-order valence-electron chi connectivity index (χ0n) is 15.9. The first kappa shape index (κ1) is 20.1. The molecule has 2 aromatic rings. The van der Waals surface area contributed by atoms with Crippen molar-refractivity contribution in [2.75, 3.05) is 32.1 Å². The van der Waals surface area contributed by atoms with Crippen LogP contribution in [0.5, 0.6) is 5.75 Å². The number of piperidine rings is 1. The lowest BCUT2D eigenvalue weighted by Gasteiger charge is -2.32. The number of nitrogens with zero attached hydrogens (tertiary/aromatic N) is 1. The lowest BCUT2D eigenvalue weighted by Crippen LogP contribution is -2.39. The minimum atomic E-state index is -0.790. The summed E-state index contributed by atoms with van der Waals surface area (Å²) in [5, 5.41) is 5.19. The van der Waals surface area contributed by atoms with E-state index < -0.39 is 17.7 Å². The number of likely N-dealkylation sites (tertiary alicyclic amines) is 1. The fourth-order valence-corrected chi connectivity index (χ4v) is 3.33. The molecule has 2 N–H and O–H groups in total. The van der Waals surface area contributed by atoms with Gasteiger partial charge < -0.3 is 15.4 Å². The predicted molar refractivity (Wildman–Crippen MR) is 104 cm³/mol. The van der Waals surface area contributed by atoms with Crippen LogP contribution >= 0.6 is 0 Å². The number of hydrogen-bond donors (Lipinski definition) is 2. The van der Waals surface area contributed by atoms with Crippen LogP contribution in [0.15, 0.2) is 42.5 Å². The highest BCUT2D eigenvalue weighted by Gasteiger charge is 2.20. The third-order valence-electron chi connectivity index (χ3n) is 5.00. The standard InChI is InChI=1S/C21H25F2N3O2/c1-28-18-5-2-16(3-6-18)14-26-10-8-15(9-11-26)13-24-21(27)25-20-7-4-17(22)12-19(20)23/h2-7,12,15H,8-11,13-14H2,1H3,(H2,24,25,27). The normalized spacial score (nSPS) is 15.2. The van der Waals surface area contributed by atoms with E-state index in [2.05, 4.69) is 27.7 Å². The molecule has 0 atom stereocenters. The van der Waals surface area contributed by atoms with Gasteiger partial charge in [0.15, 0.2) is 0 Å². The van der Waals surface area contributed by atoms with Crippen molar-refractivity contribution in [2.24, 2.45) is 5.92 Å². The average molecular weight is 389 g/mol. The molecule has 2 aromatic carbocycles. The minimum absolute atomic E-state index is 0.0341. The molecule has 7 heteroatoms. The molecule has 0 radical (unpaired) electrons. The van der Waals surface area contributed by atoms with Gasteiger partial charge in [-0.05, 0) is 61.7 Å². The van der Waals surface area contributed by atoms with Crippen LogP contribution in [0, 0.1) is 17.6 Å². The Morgan fingerprint density at radius 2 is 1.86 bits per heavy atom. The summed E-state index contributed by atoms with van der Waals surface area (Å²) in [6.07, 6.45) is 1.97. The molecule has 1 aliphatic rings. The highest BCUT2D eigenvalue weighted by molar-refractivity contribution is 5.89. The van der Waals surface area contributed by atoms with Crippen LogP contribution in [0.3, 0.4) is 0 Å². The van der Waals surface area contributed by atoms with Crippen LogP contribution in [0.25, 0.3) is 0 Å². The number of benzene rings is 2. The van der Waals surface area contributed by atoms with Gasteiger partial charge in [-0.2, -0.15) is 0 Å². The summed E-state index contributed by atoms with van der Waals surface area (Å²) in [6.45, 7) is 3.36. The molecule has 0 bridgehead atoms. The second kappa shape index (κ2) is 9.50. The van der Waals surface area contributed by atoms with Crippen molar-refractivity contribution in [1.82, 2.24) is 10.2 Å². The number of carbonyl (C=O) groups excluding carboxylic acids is 1. The van der Waals surface area contributed by atoms with Gasteiger partial charge in [0.05, 0.1) is 12.8 Å². The van der Waals surface area contributed by atoms with E-state index >= 15 is 0 Å². The Hall–Kier alpha value is -2.67. The molecule has 1 heterocycles. The van der Waals surface area contributed by atoms with Crippen LogP contribution in [0.2, 0.25) is 0 Å². The number of rotatable bonds is 6. The van der Waals surface area contributed by atoms with Gasteiger partial charge in [-0.25, -0.2) is 13.6 Å². The fourth-order valence-electron chi connectivity index (χ4n) is 3.33. The molecule has 150 valence electrons. The molecular weight excluding hydrogens is 364 g/mol. The fraction of sp³-hybridized carbons (Fsp3) is 0.381. The molecule has 1 fully saturated rings. The number of urea groups is 1. The molecular formula is C21H25F2N3O2. The van der Waals surface area contributed by atoms with E-state index in [0.717, 1.165) is 50.4 Å². The number of carbonyl (C=O) groups is 1. The molecule has 1 aliphatic heterocycles. The molecule has 0 unspecified atom stereocenters. The molecule has 1 saturated heterocycles. The Morgan fingerprint density at radius 1 is 1.14 bits per heavy atom. The summed E-state index contributed by atoms with van der Waals surface area (Å²) in [5.74, 6) is -0.227. The Labute approximate surface area is 163 Å². The highest BCUT2D eigenvalue weighted by Crippen LogP contribution is 2.20. The van der Waals surface area contributed by atoms with Crippen molar-refractivity contribution < 1.29 is 18.3 Å². The summed E-state index contributed by atoms with van der Waals surface area (Å²) < 4.78 is 31.7. The van der Waals surface area contributed by atoms with Gasteiger partial charge in [0, 0.05) is 19.2 Å². The molecule has 0 spiro atoms. The quantitative estimate of drug-likeness (QED) is 0.785. The van der Waals surface area contributed by atoms with E-state index in [4.69, 9.17) is 4.74 Å². The second-order valence-electron chi connectivity index (χ2n) is 7.03. The van der Waals surface area contributed by atoms with Gasteiger partial charge in [0.1, 0.15) is 17.4 Å². The second-order valence-corrected chi connectivity index (χ2v) is 7.03. The van der Waals surface area contributed by atoms with Gasteiger partial charge in [0.2, 0.25) is 0 Å². The highest BCUT2D eigenvalue weighted by atomic mass is 19.1. The van der Waals surface area contributed by atoms with Crippen LogP contribution in [0.4, 0.5) is 19.3 Å². The number of halogens is 2. The maximum Gasteiger partial charge on any atom is 0.319 e. The summed E-state index contributed by atoms with van der Waals surface area (Å²) in [5.41, 5.74) is 1.21. The topological polar surface area (TPSA) is 53.6 Å². The van der Waals surface area contributed by atoms with Crippen LogP contribution < -0.4 is 15.4 Å². The third-order valence-corrected chi connectivity index (χ3v) is 5.00. The van der Waals surface area contributed by atoms with Crippen molar-refractivity contribution in [3.05, 3.63) is 59.7 Å². The Kier molecular flexibility index (Phi) is 6.81. The molecule has 0 aromatic heterocycles. The number of amides is 2. The number of methoxy groups -OCH3 is 1. The first-order chi connectivity index (χ1) is 13.5.